The minimum absolute atomic E-state index is 0.171. The number of anilines is 1. The van der Waals surface area contributed by atoms with Crippen LogP contribution < -0.4 is 14.8 Å². The van der Waals surface area contributed by atoms with E-state index >= 15 is 0 Å². The quantitative estimate of drug-likeness (QED) is 0.206. The van der Waals surface area contributed by atoms with E-state index in [1.165, 1.54) is 23.1 Å². The number of carbonyl (C=O) groups excluding carboxylic acids is 1. The summed E-state index contributed by atoms with van der Waals surface area (Å²) in [6, 6.07) is 17.1. The number of carboxylic acids is 1. The van der Waals surface area contributed by atoms with Gasteiger partial charge in [0.1, 0.15) is 23.3 Å². The zero-order chi connectivity index (χ0) is 28.4. The Kier molecular flexibility index (Phi) is 7.71. The molecule has 2 aromatic carbocycles. The Hall–Kier alpha value is -4.42. The second kappa shape index (κ2) is 11.4. The zero-order valence-corrected chi connectivity index (χ0v) is 23.8. The fourth-order valence-corrected chi connectivity index (χ4v) is 6.68. The molecule has 5 aromatic rings. The lowest BCUT2D eigenvalue weighted by molar-refractivity contribution is -0.136. The van der Waals surface area contributed by atoms with E-state index < -0.39 is 18.2 Å². The fourth-order valence-electron chi connectivity index (χ4n) is 4.28. The highest BCUT2D eigenvalue weighted by Gasteiger charge is 2.22. The summed E-state index contributed by atoms with van der Waals surface area (Å²) >= 11 is 3.08. The second-order valence-electron chi connectivity index (χ2n) is 8.88. The molecule has 0 aliphatic rings. The molecule has 3 aromatic heterocycles. The van der Waals surface area contributed by atoms with E-state index in [-0.39, 0.29) is 6.42 Å². The van der Waals surface area contributed by atoms with Crippen LogP contribution in [0.15, 0.2) is 54.6 Å². The molecular weight excluding hydrogens is 552 g/mol. The second-order valence-corrected chi connectivity index (χ2v) is 11.0. The van der Waals surface area contributed by atoms with Crippen molar-refractivity contribution in [2.24, 2.45) is 7.05 Å². The van der Waals surface area contributed by atoms with Gasteiger partial charge in [-0.05, 0) is 36.8 Å². The van der Waals surface area contributed by atoms with E-state index in [2.05, 4.69) is 15.6 Å². The van der Waals surface area contributed by atoms with E-state index in [0.717, 1.165) is 30.3 Å². The molecule has 0 radical (unpaired) electrons. The first-order chi connectivity index (χ1) is 19.3. The minimum atomic E-state index is -0.950. The molecule has 12 heteroatoms. The van der Waals surface area contributed by atoms with E-state index in [4.69, 9.17) is 14.2 Å². The number of hydrogen-bond acceptors (Lipinski definition) is 9. The van der Waals surface area contributed by atoms with Gasteiger partial charge in [0.05, 0.1) is 25.5 Å². The summed E-state index contributed by atoms with van der Waals surface area (Å²) in [7, 11) is 4.77. The molecule has 0 saturated heterocycles. The molecule has 5 rings (SSSR count). The molecule has 2 N–H and O–H groups in total. The molecule has 206 valence electrons. The maximum atomic E-state index is 12.7. The number of thiophene rings is 2. The molecule has 0 spiro atoms. The van der Waals surface area contributed by atoms with Crippen molar-refractivity contribution in [3.05, 3.63) is 65.7 Å². The summed E-state index contributed by atoms with van der Waals surface area (Å²) in [4.78, 5) is 25.8. The van der Waals surface area contributed by atoms with Crippen LogP contribution in [0.4, 0.5) is 10.6 Å². The Morgan fingerprint density at radius 2 is 1.68 bits per heavy atom. The molecule has 0 fully saturated rings. The number of benzene rings is 2. The molecule has 0 unspecified atom stereocenters. The number of fused-ring (bicyclic) bond motifs is 1. The van der Waals surface area contributed by atoms with Gasteiger partial charge in [0.25, 0.3) is 0 Å². The van der Waals surface area contributed by atoms with Gasteiger partial charge < -0.3 is 19.3 Å². The van der Waals surface area contributed by atoms with Crippen LogP contribution in [-0.4, -0.2) is 46.4 Å². The number of nitrogens with zero attached hydrogens (tertiary/aromatic N) is 3. The van der Waals surface area contributed by atoms with Crippen LogP contribution in [0.5, 0.6) is 11.5 Å². The van der Waals surface area contributed by atoms with Crippen molar-refractivity contribution in [1.29, 1.82) is 0 Å². The molecule has 1 amide bonds. The van der Waals surface area contributed by atoms with Gasteiger partial charge in [-0.2, -0.15) is 0 Å². The lowest BCUT2D eigenvalue weighted by Crippen LogP contribution is -2.18. The Bertz CT molecular complexity index is 1660. The van der Waals surface area contributed by atoms with Gasteiger partial charge in [0, 0.05) is 32.5 Å². The van der Waals surface area contributed by atoms with Gasteiger partial charge in [0.2, 0.25) is 0 Å². The van der Waals surface area contributed by atoms with Gasteiger partial charge in [-0.3, -0.25) is 10.1 Å². The summed E-state index contributed by atoms with van der Waals surface area (Å²) in [6.45, 7) is 1.81. The molecule has 1 atom stereocenters. The molecule has 3 heterocycles. The van der Waals surface area contributed by atoms with Crippen LogP contribution >= 0.6 is 22.7 Å². The standard InChI is InChI=1S/C28H26N4O6S2/c1-15(16-8-6-5-7-9-16)38-28(35)29-27-26(30-31-32(27)2)24-14-23-22(40-24)13-21(39-23)18-12-19(36-3)17(11-25(33)34)10-20(18)37-4/h5-10,12-15H,11H2,1-4H3,(H,29,35)(H,33,34)/t15-/m1/s1. The van der Waals surface area contributed by atoms with Crippen LogP contribution in [0.1, 0.15) is 24.2 Å². The summed E-state index contributed by atoms with van der Waals surface area (Å²) in [6.07, 6.45) is -1.20. The first kappa shape index (κ1) is 27.2. The van der Waals surface area contributed by atoms with Crippen LogP contribution in [0.3, 0.4) is 0 Å². The van der Waals surface area contributed by atoms with Gasteiger partial charge in [0.15, 0.2) is 5.82 Å². The van der Waals surface area contributed by atoms with Gasteiger partial charge in [-0.25, -0.2) is 9.48 Å². The van der Waals surface area contributed by atoms with Crippen molar-refractivity contribution in [3.8, 4) is 32.5 Å². The van der Waals surface area contributed by atoms with Crippen LogP contribution in [0, 0.1) is 0 Å². The lowest BCUT2D eigenvalue weighted by Gasteiger charge is -2.14. The zero-order valence-electron chi connectivity index (χ0n) is 22.1. The largest absolute Gasteiger partial charge is 0.496 e. The van der Waals surface area contributed by atoms with Crippen molar-refractivity contribution in [2.75, 3.05) is 19.5 Å². The average molecular weight is 579 g/mol. The van der Waals surface area contributed by atoms with Crippen molar-refractivity contribution >= 4 is 50.0 Å². The van der Waals surface area contributed by atoms with Crippen molar-refractivity contribution in [2.45, 2.75) is 19.4 Å². The number of aromatic nitrogens is 3. The summed E-state index contributed by atoms with van der Waals surface area (Å²) in [5.74, 6) is 0.531. The van der Waals surface area contributed by atoms with Gasteiger partial charge in [-0.15, -0.1) is 27.8 Å². The van der Waals surface area contributed by atoms with Crippen molar-refractivity contribution in [3.63, 3.8) is 0 Å². The Morgan fingerprint density at radius 1 is 1.00 bits per heavy atom. The number of amides is 1. The molecule has 0 aliphatic carbocycles. The number of nitrogens with one attached hydrogen (secondary N) is 1. The third-order valence-corrected chi connectivity index (χ3v) is 8.58. The van der Waals surface area contributed by atoms with E-state index in [9.17, 15) is 14.7 Å². The topological polar surface area (TPSA) is 125 Å². The number of rotatable bonds is 9. The smallest absolute Gasteiger partial charge is 0.413 e. The third kappa shape index (κ3) is 5.49. The van der Waals surface area contributed by atoms with Crippen LogP contribution in [0.2, 0.25) is 0 Å². The maximum Gasteiger partial charge on any atom is 0.413 e. The minimum Gasteiger partial charge on any atom is -0.496 e. The monoisotopic (exact) mass is 578 g/mol. The van der Waals surface area contributed by atoms with E-state index in [0.29, 0.717) is 28.6 Å². The third-order valence-electron chi connectivity index (χ3n) is 6.25. The number of carboxylic acid groups (broad SMARTS) is 1. The van der Waals surface area contributed by atoms with Crippen LogP contribution in [0.25, 0.3) is 30.4 Å². The number of hydrogen-bond donors (Lipinski definition) is 2. The summed E-state index contributed by atoms with van der Waals surface area (Å²) in [5, 5.41) is 20.4. The molecular formula is C28H26N4O6S2. The maximum absolute atomic E-state index is 12.7. The first-order valence-corrected chi connectivity index (χ1v) is 13.8. The number of aliphatic carboxylic acids is 1. The van der Waals surface area contributed by atoms with Crippen molar-refractivity contribution in [1.82, 2.24) is 15.0 Å². The molecule has 10 nitrogen and oxygen atoms in total. The highest BCUT2D eigenvalue weighted by atomic mass is 32.1. The first-order valence-electron chi connectivity index (χ1n) is 12.2. The SMILES string of the molecule is COc1cc(-c2cc3sc(-c4nnn(C)c4NC(=O)O[C@H](C)c4ccccc4)cc3s2)c(OC)cc1CC(=O)O. The Labute approximate surface area is 237 Å². The predicted octanol–water partition coefficient (Wildman–Crippen LogP) is 6.38. The highest BCUT2D eigenvalue weighted by molar-refractivity contribution is 7.31. The van der Waals surface area contributed by atoms with E-state index in [1.54, 1.807) is 37.6 Å². The van der Waals surface area contributed by atoms with Gasteiger partial charge >= 0.3 is 12.1 Å². The molecule has 0 aliphatic heterocycles. The fraction of sp³-hybridized carbons (Fsp3) is 0.214. The lowest BCUT2D eigenvalue weighted by atomic mass is 10.0. The van der Waals surface area contributed by atoms with Crippen LogP contribution in [-0.2, 0) is 23.0 Å². The Morgan fingerprint density at radius 3 is 2.35 bits per heavy atom. The van der Waals surface area contributed by atoms with Gasteiger partial charge in [-0.1, -0.05) is 35.5 Å². The summed E-state index contributed by atoms with van der Waals surface area (Å²) < 4.78 is 20.1. The highest BCUT2D eigenvalue weighted by Crippen LogP contribution is 2.46. The normalized spacial score (nSPS) is 11.8. The Balaban J connectivity index is 1.40. The molecule has 0 bridgehead atoms. The summed E-state index contributed by atoms with van der Waals surface area (Å²) in [5.41, 5.74) is 2.77. The van der Waals surface area contributed by atoms with Crippen molar-refractivity contribution < 1.29 is 28.9 Å². The molecule has 0 saturated carbocycles. The number of ether oxygens (including phenoxy) is 3. The average Bonchev–Trinajstić information content (AvgIpc) is 3.62. The van der Waals surface area contributed by atoms with E-state index in [1.807, 2.05) is 49.4 Å². The number of carbonyl (C=O) groups is 2. The molecule has 40 heavy (non-hydrogen) atoms. The number of aryl methyl sites for hydroxylation is 1. The predicted molar refractivity (Wildman–Crippen MR) is 155 cm³/mol. The number of methoxy groups -OCH3 is 2.